The molecule has 2 fully saturated rings. The van der Waals surface area contributed by atoms with E-state index in [0.717, 1.165) is 38.9 Å². The summed E-state index contributed by atoms with van der Waals surface area (Å²) in [5, 5.41) is 0. The van der Waals surface area contributed by atoms with Crippen molar-refractivity contribution in [3.8, 4) is 0 Å². The van der Waals surface area contributed by atoms with Crippen LogP contribution in [0.15, 0.2) is 0 Å². The van der Waals surface area contributed by atoms with Crippen LogP contribution in [0.1, 0.15) is 6.92 Å². The van der Waals surface area contributed by atoms with Gasteiger partial charge < -0.3 is 10.5 Å². The maximum absolute atomic E-state index is 5.63. The Morgan fingerprint density at radius 3 is 2.57 bits per heavy atom. The molecule has 2 aliphatic rings. The third-order valence-corrected chi connectivity index (χ3v) is 3.42. The third-order valence-electron chi connectivity index (χ3n) is 3.42. The maximum Gasteiger partial charge on any atom is 0.0594 e. The molecule has 82 valence electrons. The molecule has 2 aliphatic heterocycles. The van der Waals surface area contributed by atoms with Gasteiger partial charge in [0.25, 0.3) is 0 Å². The number of rotatable bonds is 3. The molecule has 0 saturated carbocycles. The number of likely N-dealkylation sites (tertiary alicyclic amines) is 1. The van der Waals surface area contributed by atoms with Gasteiger partial charge >= 0.3 is 0 Å². The lowest BCUT2D eigenvalue weighted by molar-refractivity contribution is -0.0418. The molecule has 0 amide bonds. The molecular formula is C10H21N3O. The lowest BCUT2D eigenvalue weighted by Crippen LogP contribution is -2.64. The molecule has 0 bridgehead atoms. The summed E-state index contributed by atoms with van der Waals surface area (Å²) < 4.78 is 5.34. The van der Waals surface area contributed by atoms with Crippen LogP contribution in [0.3, 0.4) is 0 Å². The quantitative estimate of drug-likeness (QED) is 0.656. The van der Waals surface area contributed by atoms with Crippen LogP contribution in [-0.4, -0.2) is 67.8 Å². The number of nitrogens with zero attached hydrogens (tertiary/aromatic N) is 2. The van der Waals surface area contributed by atoms with E-state index >= 15 is 0 Å². The van der Waals surface area contributed by atoms with Crippen LogP contribution in [0.25, 0.3) is 0 Å². The van der Waals surface area contributed by atoms with E-state index in [4.69, 9.17) is 10.5 Å². The molecule has 0 aromatic heterocycles. The fourth-order valence-electron chi connectivity index (χ4n) is 2.17. The topological polar surface area (TPSA) is 41.7 Å². The summed E-state index contributed by atoms with van der Waals surface area (Å²) in [5.41, 5.74) is 5.63. The molecule has 4 nitrogen and oxygen atoms in total. The predicted molar refractivity (Wildman–Crippen MR) is 56.3 cm³/mol. The second-order valence-electron chi connectivity index (χ2n) is 4.34. The van der Waals surface area contributed by atoms with Gasteiger partial charge in [-0.2, -0.15) is 0 Å². The molecular weight excluding hydrogens is 178 g/mol. The molecule has 2 saturated heterocycles. The van der Waals surface area contributed by atoms with Gasteiger partial charge in [-0.05, 0) is 6.92 Å². The van der Waals surface area contributed by atoms with Crippen molar-refractivity contribution in [1.82, 2.24) is 9.80 Å². The maximum atomic E-state index is 5.63. The monoisotopic (exact) mass is 199 g/mol. The Kier molecular flexibility index (Phi) is 3.38. The molecule has 14 heavy (non-hydrogen) atoms. The van der Waals surface area contributed by atoms with Gasteiger partial charge in [-0.25, -0.2) is 0 Å². The van der Waals surface area contributed by atoms with Crippen LogP contribution in [0.4, 0.5) is 0 Å². The molecule has 1 atom stereocenters. The van der Waals surface area contributed by atoms with Gasteiger partial charge in [-0.15, -0.1) is 0 Å². The highest BCUT2D eigenvalue weighted by Gasteiger charge is 2.34. The van der Waals surface area contributed by atoms with Crippen molar-refractivity contribution in [2.45, 2.75) is 19.0 Å². The Bertz CT molecular complexity index is 176. The van der Waals surface area contributed by atoms with E-state index in [0.29, 0.717) is 6.04 Å². The number of hydrogen-bond acceptors (Lipinski definition) is 4. The lowest BCUT2D eigenvalue weighted by Gasteiger charge is -2.48. The second-order valence-corrected chi connectivity index (χ2v) is 4.34. The lowest BCUT2D eigenvalue weighted by atomic mass is 10.0. The number of morpholine rings is 1. The van der Waals surface area contributed by atoms with E-state index in [1.165, 1.54) is 13.1 Å². The van der Waals surface area contributed by atoms with Crippen LogP contribution < -0.4 is 5.73 Å². The Morgan fingerprint density at radius 2 is 2.00 bits per heavy atom. The highest BCUT2D eigenvalue weighted by molar-refractivity contribution is 4.91. The highest BCUT2D eigenvalue weighted by atomic mass is 16.5. The molecule has 4 heteroatoms. The van der Waals surface area contributed by atoms with Gasteiger partial charge in [-0.1, -0.05) is 0 Å². The number of nitrogens with two attached hydrogens (primary N) is 1. The van der Waals surface area contributed by atoms with Crippen molar-refractivity contribution in [3.05, 3.63) is 0 Å². The molecule has 1 unspecified atom stereocenters. The molecule has 0 aromatic rings. The standard InChI is InChI=1S/C10H21N3O/c1-9(6-11)13-7-10(8-13)12-2-4-14-5-3-12/h9-10H,2-8,11H2,1H3. The second kappa shape index (κ2) is 4.57. The highest BCUT2D eigenvalue weighted by Crippen LogP contribution is 2.18. The zero-order valence-electron chi connectivity index (χ0n) is 8.98. The molecule has 0 radical (unpaired) electrons. The van der Waals surface area contributed by atoms with Crippen molar-refractivity contribution in [1.29, 1.82) is 0 Å². The third kappa shape index (κ3) is 2.08. The van der Waals surface area contributed by atoms with Gasteiger partial charge in [0, 0.05) is 44.8 Å². The minimum atomic E-state index is 0.548. The first kappa shape index (κ1) is 10.4. The van der Waals surface area contributed by atoms with Crippen molar-refractivity contribution in [3.63, 3.8) is 0 Å². The largest absolute Gasteiger partial charge is 0.379 e. The van der Waals surface area contributed by atoms with Gasteiger partial charge in [0.1, 0.15) is 0 Å². The van der Waals surface area contributed by atoms with Gasteiger partial charge in [0.05, 0.1) is 13.2 Å². The Balaban J connectivity index is 1.71. The van der Waals surface area contributed by atoms with Crippen molar-refractivity contribution in [2.24, 2.45) is 5.73 Å². The predicted octanol–water partition coefficient (Wildman–Crippen LogP) is -0.650. The van der Waals surface area contributed by atoms with Gasteiger partial charge in [0.2, 0.25) is 0 Å². The van der Waals surface area contributed by atoms with Crippen molar-refractivity contribution >= 4 is 0 Å². The van der Waals surface area contributed by atoms with E-state index in [2.05, 4.69) is 16.7 Å². The van der Waals surface area contributed by atoms with Crippen LogP contribution in [-0.2, 0) is 4.74 Å². The van der Waals surface area contributed by atoms with Crippen LogP contribution >= 0.6 is 0 Å². The zero-order chi connectivity index (χ0) is 9.97. The molecule has 0 aromatic carbocycles. The average Bonchev–Trinajstić information content (AvgIpc) is 2.17. The summed E-state index contributed by atoms with van der Waals surface area (Å²) in [6, 6.07) is 1.31. The Labute approximate surface area is 86.0 Å². The van der Waals surface area contributed by atoms with E-state index in [1.807, 2.05) is 0 Å². The summed E-state index contributed by atoms with van der Waals surface area (Å²) >= 11 is 0. The van der Waals surface area contributed by atoms with Crippen LogP contribution in [0, 0.1) is 0 Å². The van der Waals surface area contributed by atoms with E-state index < -0.39 is 0 Å². The molecule has 2 N–H and O–H groups in total. The molecule has 0 spiro atoms. The summed E-state index contributed by atoms with van der Waals surface area (Å²) in [4.78, 5) is 5.00. The SMILES string of the molecule is CC(CN)N1CC(N2CCOCC2)C1. The van der Waals surface area contributed by atoms with Crippen LogP contribution in [0.2, 0.25) is 0 Å². The fourth-order valence-corrected chi connectivity index (χ4v) is 2.17. The van der Waals surface area contributed by atoms with Gasteiger partial charge in [-0.3, -0.25) is 9.80 Å². The fraction of sp³-hybridized carbons (Fsp3) is 1.00. The average molecular weight is 199 g/mol. The first-order valence-electron chi connectivity index (χ1n) is 5.57. The minimum absolute atomic E-state index is 0.548. The molecule has 2 heterocycles. The Hall–Kier alpha value is -0.160. The van der Waals surface area contributed by atoms with E-state index in [1.54, 1.807) is 0 Å². The summed E-state index contributed by atoms with van der Waals surface area (Å²) in [6.45, 7) is 9.39. The number of hydrogen-bond donors (Lipinski definition) is 1. The summed E-state index contributed by atoms with van der Waals surface area (Å²) in [6.07, 6.45) is 0. The smallest absolute Gasteiger partial charge is 0.0594 e. The minimum Gasteiger partial charge on any atom is -0.379 e. The van der Waals surface area contributed by atoms with Gasteiger partial charge in [0.15, 0.2) is 0 Å². The van der Waals surface area contributed by atoms with E-state index in [9.17, 15) is 0 Å². The summed E-state index contributed by atoms with van der Waals surface area (Å²) in [7, 11) is 0. The summed E-state index contributed by atoms with van der Waals surface area (Å²) in [5.74, 6) is 0. The van der Waals surface area contributed by atoms with Crippen molar-refractivity contribution in [2.75, 3.05) is 45.9 Å². The van der Waals surface area contributed by atoms with Crippen LogP contribution in [0.5, 0.6) is 0 Å². The van der Waals surface area contributed by atoms with Crippen molar-refractivity contribution < 1.29 is 4.74 Å². The first-order valence-corrected chi connectivity index (χ1v) is 5.57. The first-order chi connectivity index (χ1) is 6.81. The normalized spacial score (nSPS) is 28.7. The van der Waals surface area contributed by atoms with E-state index in [-0.39, 0.29) is 0 Å². The zero-order valence-corrected chi connectivity index (χ0v) is 8.98. The molecule has 0 aliphatic carbocycles. The number of ether oxygens (including phenoxy) is 1. The molecule has 2 rings (SSSR count). The Morgan fingerprint density at radius 1 is 1.36 bits per heavy atom.